The molecule has 0 radical (unpaired) electrons. The minimum absolute atomic E-state index is 0. The molecule has 0 bridgehead atoms. The lowest BCUT2D eigenvalue weighted by atomic mass is 10.0. The number of nitrogen functional groups attached to an aromatic ring is 1. The summed E-state index contributed by atoms with van der Waals surface area (Å²) in [4.78, 5) is 18.7. The molecule has 2 N–H and O–H groups in total. The first kappa shape index (κ1) is 33.6. The SMILES string of the molecule is Br.CC#Cc1c(OC)ccc2c(C(=O)c3cc(OC)c(OC)c(OC)c3)nn(C=[N+](C)Cc3c(-c4ccccc4)nc(N)n3C)c12. The van der Waals surface area contributed by atoms with Gasteiger partial charge in [-0.05, 0) is 31.2 Å². The second-order valence-electron chi connectivity index (χ2n) is 10.2. The minimum Gasteiger partial charge on any atom is -0.495 e. The molecule has 2 heterocycles. The number of fused-ring (bicyclic) bond motifs is 1. The highest BCUT2D eigenvalue weighted by atomic mass is 79.9. The molecule has 3 aromatic carbocycles. The van der Waals surface area contributed by atoms with Crippen molar-refractivity contribution in [2.75, 3.05) is 41.2 Å². The van der Waals surface area contributed by atoms with E-state index in [0.29, 0.717) is 57.5 Å². The van der Waals surface area contributed by atoms with Crippen LogP contribution in [0.2, 0.25) is 0 Å². The average molecular weight is 689 g/mol. The van der Waals surface area contributed by atoms with Gasteiger partial charge in [-0.1, -0.05) is 41.4 Å². The number of rotatable bonds is 10. The predicted molar refractivity (Wildman–Crippen MR) is 183 cm³/mol. The fourth-order valence-corrected chi connectivity index (χ4v) is 5.25. The van der Waals surface area contributed by atoms with Crippen molar-refractivity contribution in [2.24, 2.45) is 7.05 Å². The van der Waals surface area contributed by atoms with Gasteiger partial charge < -0.3 is 29.2 Å². The smallest absolute Gasteiger partial charge is 0.265 e. The standard InChI is InChI=1S/C34H35N6O5.BrH/c1-8-12-23-26(42-4)16-15-24-30(32(41)22-17-27(43-5)33(45-7)28(18-22)44-6)37-40(31(23)24)20-38(2)19-25-29(36-34(35)39(25)3)21-13-10-9-11-14-21;/h9-11,13-18,20H,19H2,1-7H3,(H2,35,36);1H/q+1;. The molecule has 0 saturated heterocycles. The summed E-state index contributed by atoms with van der Waals surface area (Å²) in [5.41, 5.74) is 10.7. The van der Waals surface area contributed by atoms with E-state index < -0.39 is 0 Å². The fraction of sp³-hybridized carbons (Fsp3) is 0.235. The largest absolute Gasteiger partial charge is 0.495 e. The van der Waals surface area contributed by atoms with E-state index in [1.165, 1.54) is 21.3 Å². The van der Waals surface area contributed by atoms with Crippen LogP contribution in [0.3, 0.4) is 0 Å². The monoisotopic (exact) mass is 687 g/mol. The van der Waals surface area contributed by atoms with Crippen molar-refractivity contribution >= 4 is 46.0 Å². The van der Waals surface area contributed by atoms with E-state index in [1.54, 1.807) is 36.9 Å². The molecule has 0 fully saturated rings. The number of aromatic nitrogens is 4. The maximum atomic E-state index is 14.1. The molecule has 0 aliphatic heterocycles. The molecule has 5 aromatic rings. The molecule has 12 heteroatoms. The van der Waals surface area contributed by atoms with Crippen molar-refractivity contribution in [3.05, 3.63) is 77.1 Å². The van der Waals surface area contributed by atoms with Crippen LogP contribution < -0.4 is 24.7 Å². The molecule has 2 aromatic heterocycles. The summed E-state index contributed by atoms with van der Waals surface area (Å²) in [5.74, 6) is 7.86. The molecule has 0 amide bonds. The molecule has 46 heavy (non-hydrogen) atoms. The number of hydrogen-bond acceptors (Lipinski definition) is 8. The minimum atomic E-state index is -0.333. The van der Waals surface area contributed by atoms with Gasteiger partial charge in [-0.2, -0.15) is 0 Å². The normalized spacial score (nSPS) is 11.0. The van der Waals surface area contributed by atoms with E-state index in [-0.39, 0.29) is 28.5 Å². The second-order valence-corrected chi connectivity index (χ2v) is 10.2. The van der Waals surface area contributed by atoms with Crippen LogP contribution in [-0.2, 0) is 13.6 Å². The van der Waals surface area contributed by atoms with E-state index in [0.717, 1.165) is 17.0 Å². The van der Waals surface area contributed by atoms with Crippen molar-refractivity contribution in [3.63, 3.8) is 0 Å². The Morgan fingerprint density at radius 2 is 1.63 bits per heavy atom. The van der Waals surface area contributed by atoms with Crippen LogP contribution in [0.5, 0.6) is 23.0 Å². The summed E-state index contributed by atoms with van der Waals surface area (Å²) in [7, 11) is 9.89. The maximum Gasteiger partial charge on any atom is 0.265 e. The molecule has 0 aliphatic carbocycles. The van der Waals surface area contributed by atoms with E-state index in [4.69, 9.17) is 29.8 Å². The van der Waals surface area contributed by atoms with Gasteiger partial charge >= 0.3 is 0 Å². The third kappa shape index (κ3) is 6.14. The van der Waals surface area contributed by atoms with Crippen LogP contribution in [0.15, 0.2) is 54.6 Å². The average Bonchev–Trinajstić information content (AvgIpc) is 3.56. The maximum absolute atomic E-state index is 14.1. The lowest BCUT2D eigenvalue weighted by Gasteiger charge is -2.13. The molecule has 0 saturated carbocycles. The zero-order chi connectivity index (χ0) is 32.2. The van der Waals surface area contributed by atoms with E-state index in [2.05, 4.69) is 16.8 Å². The molecule has 0 unspecified atom stereocenters. The Kier molecular flexibility index (Phi) is 10.4. The number of carbonyl (C=O) groups is 1. The van der Waals surface area contributed by atoms with Gasteiger partial charge in [-0.15, -0.1) is 27.6 Å². The van der Waals surface area contributed by atoms with E-state index >= 15 is 0 Å². The highest BCUT2D eigenvalue weighted by Crippen LogP contribution is 2.39. The molecule has 0 aliphatic rings. The third-order valence-corrected chi connectivity index (χ3v) is 7.44. The zero-order valence-electron chi connectivity index (χ0n) is 26.7. The van der Waals surface area contributed by atoms with Crippen LogP contribution >= 0.6 is 17.0 Å². The van der Waals surface area contributed by atoms with Gasteiger partial charge in [0.15, 0.2) is 22.7 Å². The molecular weight excluding hydrogens is 652 g/mol. The number of nitrogens with zero attached hydrogens (tertiary/aromatic N) is 5. The topological polar surface area (TPSA) is 119 Å². The van der Waals surface area contributed by atoms with Gasteiger partial charge in [0.2, 0.25) is 17.5 Å². The zero-order valence-corrected chi connectivity index (χ0v) is 28.5. The predicted octanol–water partition coefficient (Wildman–Crippen LogP) is 4.95. The number of benzene rings is 3. The van der Waals surface area contributed by atoms with Crippen molar-refractivity contribution in [1.82, 2.24) is 19.3 Å². The van der Waals surface area contributed by atoms with Gasteiger partial charge in [-0.3, -0.25) is 9.37 Å². The molecule has 11 nitrogen and oxygen atoms in total. The number of ketones is 1. The Labute approximate surface area is 277 Å². The molecule has 5 rings (SSSR count). The van der Waals surface area contributed by atoms with Gasteiger partial charge in [0.1, 0.15) is 17.9 Å². The number of nitrogens with two attached hydrogens (primary N) is 1. The molecule has 238 valence electrons. The first-order valence-electron chi connectivity index (χ1n) is 14.0. The van der Waals surface area contributed by atoms with Gasteiger partial charge in [-0.25, -0.2) is 4.98 Å². The number of ether oxygens (including phenoxy) is 4. The van der Waals surface area contributed by atoms with Gasteiger partial charge in [0.05, 0.1) is 52.3 Å². The van der Waals surface area contributed by atoms with Crippen molar-refractivity contribution in [3.8, 4) is 46.1 Å². The Hall–Kier alpha value is -5.28. The Balaban J connectivity index is 0.00000480. The quantitative estimate of drug-likeness (QED) is 0.0720. The molecule has 0 spiro atoms. The summed E-state index contributed by atoms with van der Waals surface area (Å²) in [6, 6.07) is 16.7. The summed E-state index contributed by atoms with van der Waals surface area (Å²) in [6.07, 6.45) is 1.81. The highest BCUT2D eigenvalue weighted by Gasteiger charge is 2.28. The van der Waals surface area contributed by atoms with Gasteiger partial charge in [0.25, 0.3) is 6.34 Å². The number of halogens is 1. The first-order valence-corrected chi connectivity index (χ1v) is 14.0. The van der Waals surface area contributed by atoms with Crippen LogP contribution in [0, 0.1) is 11.8 Å². The summed E-state index contributed by atoms with van der Waals surface area (Å²) >= 11 is 0. The Bertz CT molecular complexity index is 1980. The van der Waals surface area contributed by atoms with Crippen molar-refractivity contribution in [2.45, 2.75) is 13.5 Å². The number of hydrogen-bond donors (Lipinski definition) is 1. The summed E-state index contributed by atoms with van der Waals surface area (Å²) in [6.45, 7) is 2.19. The van der Waals surface area contributed by atoms with Crippen molar-refractivity contribution < 1.29 is 28.3 Å². The lowest BCUT2D eigenvalue weighted by molar-refractivity contribution is -0.512. The number of carbonyl (C=O) groups excluding carboxylic acids is 1. The van der Waals surface area contributed by atoms with Crippen LogP contribution in [0.4, 0.5) is 5.95 Å². The summed E-state index contributed by atoms with van der Waals surface area (Å²) in [5, 5.41) is 5.42. The van der Waals surface area contributed by atoms with E-state index in [1.807, 2.05) is 66.0 Å². The summed E-state index contributed by atoms with van der Waals surface area (Å²) < 4.78 is 27.6. The van der Waals surface area contributed by atoms with Crippen LogP contribution in [-0.4, -0.2) is 71.5 Å². The lowest BCUT2D eigenvalue weighted by Crippen LogP contribution is -2.17. The Morgan fingerprint density at radius 3 is 2.22 bits per heavy atom. The first-order chi connectivity index (χ1) is 21.8. The van der Waals surface area contributed by atoms with Crippen LogP contribution in [0.25, 0.3) is 22.2 Å². The number of imidazole rings is 1. The number of methoxy groups -OCH3 is 4. The van der Waals surface area contributed by atoms with Gasteiger partial charge in [0, 0.05) is 18.2 Å². The molecule has 0 atom stereocenters. The Morgan fingerprint density at radius 1 is 0.978 bits per heavy atom. The fourth-order valence-electron chi connectivity index (χ4n) is 5.25. The van der Waals surface area contributed by atoms with Crippen LogP contribution in [0.1, 0.15) is 34.2 Å². The van der Waals surface area contributed by atoms with E-state index in [9.17, 15) is 4.79 Å². The third-order valence-electron chi connectivity index (χ3n) is 7.44. The highest BCUT2D eigenvalue weighted by molar-refractivity contribution is 8.93. The van der Waals surface area contributed by atoms with Crippen molar-refractivity contribution in [1.29, 1.82) is 0 Å². The second kappa shape index (κ2) is 14.2. The molecular formula is C34H36BrN6O5+. The number of anilines is 1.